The van der Waals surface area contributed by atoms with Crippen LogP contribution in [0.2, 0.25) is 0 Å². The Morgan fingerprint density at radius 2 is 1.92 bits per heavy atom. The first-order valence-corrected chi connectivity index (χ1v) is 4.73. The van der Waals surface area contributed by atoms with Crippen LogP contribution in [0.1, 0.15) is 5.56 Å². The highest BCUT2D eigenvalue weighted by Gasteiger charge is 2.06. The van der Waals surface area contributed by atoms with Crippen LogP contribution in [-0.2, 0) is 21.9 Å². The molecule has 1 rings (SSSR count). The minimum absolute atomic E-state index is 0.0832. The average Bonchev–Trinajstić information content (AvgIpc) is 2.03. The van der Waals surface area contributed by atoms with E-state index in [9.17, 15) is 13.2 Å². The first kappa shape index (κ1) is 9.73. The molecule has 0 aliphatic heterocycles. The zero-order chi connectivity index (χ0) is 9.84. The summed E-state index contributed by atoms with van der Waals surface area (Å²) in [5.74, 6) is -1.04. The zero-order valence-electron chi connectivity index (χ0n) is 6.64. The maximum Gasteiger partial charge on any atom is 0.307 e. The quantitative estimate of drug-likeness (QED) is 0.688. The Bertz CT molecular complexity index is 387. The summed E-state index contributed by atoms with van der Waals surface area (Å²) in [7, 11) is -2.71. The van der Waals surface area contributed by atoms with E-state index in [0.717, 1.165) is 0 Å². The van der Waals surface area contributed by atoms with Gasteiger partial charge in [-0.05, 0) is 11.6 Å². The van der Waals surface area contributed by atoms with Gasteiger partial charge in [-0.15, -0.1) is 0 Å². The number of hydrogen-bond acceptors (Lipinski definition) is 3. The van der Waals surface area contributed by atoms with Crippen LogP contribution in [0.4, 0.5) is 0 Å². The van der Waals surface area contributed by atoms with E-state index < -0.39 is 16.7 Å². The van der Waals surface area contributed by atoms with E-state index in [0.29, 0.717) is 5.56 Å². The number of carboxylic acid groups (broad SMARTS) is 1. The van der Waals surface area contributed by atoms with Gasteiger partial charge in [-0.25, -0.2) is 8.42 Å². The molecule has 0 saturated heterocycles. The maximum absolute atomic E-state index is 10.6. The van der Waals surface area contributed by atoms with Crippen LogP contribution < -0.4 is 0 Å². The Balaban J connectivity index is 3.12. The molecule has 4 nitrogen and oxygen atoms in total. The lowest BCUT2D eigenvalue weighted by Gasteiger charge is -1.99. The number of carboxylic acids is 1. The molecule has 5 heteroatoms. The van der Waals surface area contributed by atoms with Crippen LogP contribution >= 0.6 is 0 Å². The molecular formula is C8H8O4S. The first-order valence-electron chi connectivity index (χ1n) is 3.55. The molecule has 1 aromatic carbocycles. The van der Waals surface area contributed by atoms with E-state index in [-0.39, 0.29) is 11.3 Å². The van der Waals surface area contributed by atoms with Gasteiger partial charge in [0.1, 0.15) is 0 Å². The van der Waals surface area contributed by atoms with Crippen LogP contribution in [0, 0.1) is 0 Å². The molecule has 70 valence electrons. The van der Waals surface area contributed by atoms with Gasteiger partial charge in [0.15, 0.2) is 10.7 Å². The Hall–Kier alpha value is -1.36. The van der Waals surface area contributed by atoms with Gasteiger partial charge in [-0.2, -0.15) is 0 Å². The molecule has 0 bridgehead atoms. The molecule has 0 aliphatic rings. The summed E-state index contributed by atoms with van der Waals surface area (Å²) in [5, 5.41) is 8.48. The number of thiol groups is 1. The van der Waals surface area contributed by atoms with Gasteiger partial charge in [0.25, 0.3) is 0 Å². The van der Waals surface area contributed by atoms with E-state index >= 15 is 0 Å². The van der Waals surface area contributed by atoms with Crippen molar-refractivity contribution in [3.8, 4) is 0 Å². The molecule has 0 amide bonds. The maximum atomic E-state index is 10.6. The first-order chi connectivity index (χ1) is 6.11. The van der Waals surface area contributed by atoms with Gasteiger partial charge < -0.3 is 5.11 Å². The number of carbonyl (C=O) groups is 1. The Kier molecular flexibility index (Phi) is 3.02. The van der Waals surface area contributed by atoms with Gasteiger partial charge in [0.05, 0.1) is 11.3 Å². The fraction of sp³-hybridized carbons (Fsp3) is 0.125. The lowest BCUT2D eigenvalue weighted by Crippen LogP contribution is -2.02. The van der Waals surface area contributed by atoms with Crippen molar-refractivity contribution >= 4 is 16.7 Å². The van der Waals surface area contributed by atoms with Gasteiger partial charge in [-0.1, -0.05) is 18.2 Å². The highest BCUT2D eigenvalue weighted by Crippen LogP contribution is 2.10. The van der Waals surface area contributed by atoms with Crippen LogP contribution in [0.5, 0.6) is 0 Å². The summed E-state index contributed by atoms with van der Waals surface area (Å²) in [6, 6.07) is 6.06. The highest BCUT2D eigenvalue weighted by molar-refractivity contribution is 7.72. The second-order valence-corrected chi connectivity index (χ2v) is 3.45. The summed E-state index contributed by atoms with van der Waals surface area (Å²) in [5.41, 5.74) is 0.325. The summed E-state index contributed by atoms with van der Waals surface area (Å²) < 4.78 is 21.3. The van der Waals surface area contributed by atoms with Crippen molar-refractivity contribution in [3.05, 3.63) is 29.8 Å². The van der Waals surface area contributed by atoms with Crippen LogP contribution in [0.15, 0.2) is 29.2 Å². The molecule has 1 aromatic rings. The third-order valence-corrected chi connectivity index (χ3v) is 2.36. The molecule has 13 heavy (non-hydrogen) atoms. The Morgan fingerprint density at radius 1 is 1.31 bits per heavy atom. The Morgan fingerprint density at radius 3 is 2.46 bits per heavy atom. The van der Waals surface area contributed by atoms with E-state index in [1.165, 1.54) is 12.1 Å². The van der Waals surface area contributed by atoms with Crippen molar-refractivity contribution in [2.75, 3.05) is 0 Å². The van der Waals surface area contributed by atoms with Gasteiger partial charge in [0.2, 0.25) is 0 Å². The van der Waals surface area contributed by atoms with Gasteiger partial charge in [0, 0.05) is 0 Å². The van der Waals surface area contributed by atoms with E-state index in [2.05, 4.69) is 0 Å². The minimum atomic E-state index is -2.71. The van der Waals surface area contributed by atoms with E-state index in [1.807, 2.05) is 0 Å². The fourth-order valence-corrected chi connectivity index (χ4v) is 1.60. The monoisotopic (exact) mass is 200 g/mol. The summed E-state index contributed by atoms with van der Waals surface area (Å²) in [6.45, 7) is 0. The summed E-state index contributed by atoms with van der Waals surface area (Å²) in [6.07, 6.45) is -0.264. The molecule has 1 N–H and O–H groups in total. The van der Waals surface area contributed by atoms with Crippen molar-refractivity contribution in [3.63, 3.8) is 0 Å². The lowest BCUT2D eigenvalue weighted by molar-refractivity contribution is -0.136. The predicted molar refractivity (Wildman–Crippen MR) is 46.4 cm³/mol. The Labute approximate surface area is 76.8 Å². The largest absolute Gasteiger partial charge is 0.481 e. The molecule has 0 radical (unpaired) electrons. The number of aliphatic carboxylic acids is 1. The lowest BCUT2D eigenvalue weighted by atomic mass is 10.1. The van der Waals surface area contributed by atoms with Crippen molar-refractivity contribution in [2.24, 2.45) is 0 Å². The SMILES string of the molecule is O=C(O)Cc1ccccc1[SH](=O)=O. The molecule has 0 fully saturated rings. The standard InChI is InChI=1S/C8H8O4S/c9-8(10)5-6-3-1-2-4-7(6)13(11)12/h1-4,13H,5H2,(H,9,10). The topological polar surface area (TPSA) is 71.4 Å². The van der Waals surface area contributed by atoms with Crippen LogP contribution in [0.25, 0.3) is 0 Å². The molecule has 0 spiro atoms. The smallest absolute Gasteiger partial charge is 0.307 e. The molecule has 0 aromatic heterocycles. The van der Waals surface area contributed by atoms with Gasteiger partial charge in [-0.3, -0.25) is 4.79 Å². The van der Waals surface area contributed by atoms with Crippen LogP contribution in [0.3, 0.4) is 0 Å². The number of benzene rings is 1. The minimum Gasteiger partial charge on any atom is -0.481 e. The van der Waals surface area contributed by atoms with Crippen molar-refractivity contribution in [1.29, 1.82) is 0 Å². The van der Waals surface area contributed by atoms with Crippen molar-refractivity contribution in [1.82, 2.24) is 0 Å². The van der Waals surface area contributed by atoms with E-state index in [4.69, 9.17) is 5.11 Å². The fourth-order valence-electron chi connectivity index (χ4n) is 1.00. The van der Waals surface area contributed by atoms with Crippen LogP contribution in [-0.4, -0.2) is 19.5 Å². The second-order valence-electron chi connectivity index (χ2n) is 2.46. The molecule has 0 heterocycles. The van der Waals surface area contributed by atoms with E-state index in [1.54, 1.807) is 12.1 Å². The zero-order valence-corrected chi connectivity index (χ0v) is 7.53. The second kappa shape index (κ2) is 4.04. The highest BCUT2D eigenvalue weighted by atomic mass is 32.2. The molecule has 0 aliphatic carbocycles. The molecular weight excluding hydrogens is 192 g/mol. The number of hydrogen-bond donors (Lipinski definition) is 2. The molecule has 0 saturated carbocycles. The third-order valence-electron chi connectivity index (χ3n) is 1.53. The number of rotatable bonds is 3. The predicted octanol–water partition coefficient (Wildman–Crippen LogP) is 0.284. The van der Waals surface area contributed by atoms with Gasteiger partial charge >= 0.3 is 5.97 Å². The van der Waals surface area contributed by atoms with Crippen molar-refractivity contribution < 1.29 is 18.3 Å². The summed E-state index contributed by atoms with van der Waals surface area (Å²) in [4.78, 5) is 10.4. The summed E-state index contributed by atoms with van der Waals surface area (Å²) >= 11 is 0. The normalized spacial score (nSPS) is 10.2. The molecule has 0 unspecified atom stereocenters. The third kappa shape index (κ3) is 2.55. The molecule has 0 atom stereocenters. The van der Waals surface area contributed by atoms with Crippen molar-refractivity contribution in [2.45, 2.75) is 11.3 Å². The average molecular weight is 200 g/mol.